The van der Waals surface area contributed by atoms with Crippen LogP contribution in [0, 0.1) is 3.70 Å². The zero-order chi connectivity index (χ0) is 12.5. The summed E-state index contributed by atoms with van der Waals surface area (Å²) in [5.41, 5.74) is 2.64. The van der Waals surface area contributed by atoms with Crippen LogP contribution in [0.2, 0.25) is 5.02 Å². The van der Waals surface area contributed by atoms with E-state index in [1.807, 2.05) is 10.9 Å². The Kier molecular flexibility index (Phi) is 3.48. The fraction of sp³-hybridized carbons (Fsp3) is 0.308. The maximum atomic E-state index is 5.98. The number of halogens is 2. The minimum atomic E-state index is 0.720. The van der Waals surface area contributed by atoms with Crippen molar-refractivity contribution in [2.45, 2.75) is 19.4 Å². The monoisotopic (exact) mass is 374 g/mol. The molecule has 18 heavy (non-hydrogen) atoms. The zero-order valence-corrected chi connectivity index (χ0v) is 12.6. The molecule has 1 aliphatic rings. The van der Waals surface area contributed by atoms with Crippen molar-refractivity contribution in [3.8, 4) is 5.75 Å². The SMILES string of the molecule is Clc1cn(CCc2ccc3c(c2)CCO3)nc1I. The summed E-state index contributed by atoms with van der Waals surface area (Å²) in [5, 5.41) is 5.06. The van der Waals surface area contributed by atoms with Crippen molar-refractivity contribution in [3.05, 3.63) is 44.2 Å². The molecule has 2 heterocycles. The Morgan fingerprint density at radius 2 is 2.33 bits per heavy atom. The van der Waals surface area contributed by atoms with E-state index in [9.17, 15) is 0 Å². The van der Waals surface area contributed by atoms with E-state index in [-0.39, 0.29) is 0 Å². The fourth-order valence-corrected chi connectivity index (χ4v) is 2.69. The maximum absolute atomic E-state index is 5.98. The highest BCUT2D eigenvalue weighted by Gasteiger charge is 2.12. The lowest BCUT2D eigenvalue weighted by Crippen LogP contribution is -2.02. The summed E-state index contributed by atoms with van der Waals surface area (Å²) in [6, 6.07) is 6.43. The molecule has 0 unspecified atom stereocenters. The minimum Gasteiger partial charge on any atom is -0.493 e. The van der Waals surface area contributed by atoms with Crippen LogP contribution >= 0.6 is 34.2 Å². The molecule has 5 heteroatoms. The third-order valence-corrected chi connectivity index (χ3v) is 4.45. The maximum Gasteiger partial charge on any atom is 0.141 e. The van der Waals surface area contributed by atoms with Gasteiger partial charge in [0, 0.05) is 19.2 Å². The molecule has 0 saturated heterocycles. The van der Waals surface area contributed by atoms with Gasteiger partial charge in [0.05, 0.1) is 11.6 Å². The lowest BCUT2D eigenvalue weighted by atomic mass is 10.1. The second-order valence-electron chi connectivity index (χ2n) is 4.32. The minimum absolute atomic E-state index is 0.720. The molecule has 0 fully saturated rings. The summed E-state index contributed by atoms with van der Waals surface area (Å²) < 4.78 is 8.25. The molecule has 2 aromatic rings. The molecule has 1 aliphatic heterocycles. The fourth-order valence-electron chi connectivity index (χ4n) is 2.13. The molecule has 0 saturated carbocycles. The molecule has 0 N–H and O–H groups in total. The van der Waals surface area contributed by atoms with Crippen molar-refractivity contribution >= 4 is 34.2 Å². The second-order valence-corrected chi connectivity index (χ2v) is 5.75. The summed E-state index contributed by atoms with van der Waals surface area (Å²) in [6.45, 7) is 1.66. The van der Waals surface area contributed by atoms with Gasteiger partial charge in [-0.05, 0) is 46.2 Å². The first kappa shape index (κ1) is 12.3. The number of nitrogens with zero attached hydrogens (tertiary/aromatic N) is 2. The van der Waals surface area contributed by atoms with Gasteiger partial charge in [0.15, 0.2) is 0 Å². The van der Waals surface area contributed by atoms with Gasteiger partial charge in [0.25, 0.3) is 0 Å². The lowest BCUT2D eigenvalue weighted by Gasteiger charge is -2.04. The number of rotatable bonds is 3. The molecule has 1 aromatic carbocycles. The van der Waals surface area contributed by atoms with Crippen LogP contribution in [0.3, 0.4) is 0 Å². The van der Waals surface area contributed by atoms with E-state index in [1.54, 1.807) is 0 Å². The number of fused-ring (bicyclic) bond motifs is 1. The van der Waals surface area contributed by atoms with Gasteiger partial charge in [0.1, 0.15) is 9.45 Å². The Hall–Kier alpha value is -0.750. The highest BCUT2D eigenvalue weighted by molar-refractivity contribution is 14.1. The lowest BCUT2D eigenvalue weighted by molar-refractivity contribution is 0.357. The van der Waals surface area contributed by atoms with Crippen molar-refractivity contribution in [2.75, 3.05) is 6.61 Å². The summed E-state index contributed by atoms with van der Waals surface area (Å²) in [5.74, 6) is 1.04. The number of hydrogen-bond donors (Lipinski definition) is 0. The van der Waals surface area contributed by atoms with E-state index < -0.39 is 0 Å². The molecule has 0 bridgehead atoms. The molecule has 0 spiro atoms. The van der Waals surface area contributed by atoms with Crippen LogP contribution in [0.15, 0.2) is 24.4 Å². The van der Waals surface area contributed by atoms with E-state index in [0.717, 1.165) is 40.5 Å². The summed E-state index contributed by atoms with van der Waals surface area (Å²) >= 11 is 8.12. The van der Waals surface area contributed by atoms with Gasteiger partial charge in [-0.25, -0.2) is 0 Å². The Labute approximate surface area is 124 Å². The number of hydrogen-bond acceptors (Lipinski definition) is 2. The van der Waals surface area contributed by atoms with Crippen LogP contribution in [-0.2, 0) is 19.4 Å². The highest BCUT2D eigenvalue weighted by Crippen LogP contribution is 2.26. The second kappa shape index (κ2) is 5.09. The van der Waals surface area contributed by atoms with Crippen molar-refractivity contribution in [2.24, 2.45) is 0 Å². The molecule has 3 rings (SSSR count). The number of ether oxygens (including phenoxy) is 1. The first-order valence-electron chi connectivity index (χ1n) is 5.85. The van der Waals surface area contributed by atoms with Gasteiger partial charge in [-0.3, -0.25) is 4.68 Å². The third kappa shape index (κ3) is 2.49. The molecule has 0 aliphatic carbocycles. The van der Waals surface area contributed by atoms with Crippen LogP contribution in [-0.4, -0.2) is 16.4 Å². The van der Waals surface area contributed by atoms with Gasteiger partial charge in [-0.15, -0.1) is 0 Å². The van der Waals surface area contributed by atoms with Gasteiger partial charge >= 0.3 is 0 Å². The Bertz CT molecular complexity index is 563. The van der Waals surface area contributed by atoms with Gasteiger partial charge in [-0.2, -0.15) is 5.10 Å². The molecule has 1 aromatic heterocycles. The molecular formula is C13H12ClIN2O. The average Bonchev–Trinajstić information content (AvgIpc) is 2.94. The van der Waals surface area contributed by atoms with E-state index in [2.05, 4.69) is 45.9 Å². The van der Waals surface area contributed by atoms with Crippen molar-refractivity contribution in [3.63, 3.8) is 0 Å². The number of aromatic nitrogens is 2. The van der Waals surface area contributed by atoms with Crippen LogP contribution in [0.5, 0.6) is 5.75 Å². The predicted octanol–water partition coefficient (Wildman–Crippen LogP) is 3.32. The quantitative estimate of drug-likeness (QED) is 0.771. The molecule has 0 radical (unpaired) electrons. The van der Waals surface area contributed by atoms with Crippen LogP contribution < -0.4 is 4.74 Å². The van der Waals surface area contributed by atoms with E-state index in [0.29, 0.717) is 0 Å². The van der Waals surface area contributed by atoms with Crippen molar-refractivity contribution in [1.29, 1.82) is 0 Å². The highest BCUT2D eigenvalue weighted by atomic mass is 127. The van der Waals surface area contributed by atoms with E-state index >= 15 is 0 Å². The molecular weight excluding hydrogens is 363 g/mol. The zero-order valence-electron chi connectivity index (χ0n) is 9.70. The molecule has 0 amide bonds. The summed E-state index contributed by atoms with van der Waals surface area (Å²) in [6.07, 6.45) is 3.86. The Morgan fingerprint density at radius 3 is 3.11 bits per heavy atom. The van der Waals surface area contributed by atoms with E-state index in [1.165, 1.54) is 11.1 Å². The molecule has 0 atom stereocenters. The third-order valence-electron chi connectivity index (χ3n) is 3.06. The summed E-state index contributed by atoms with van der Waals surface area (Å²) in [7, 11) is 0. The smallest absolute Gasteiger partial charge is 0.141 e. The first-order chi connectivity index (χ1) is 8.72. The largest absolute Gasteiger partial charge is 0.493 e. The Balaban J connectivity index is 1.70. The predicted molar refractivity (Wildman–Crippen MR) is 79.3 cm³/mol. The topological polar surface area (TPSA) is 27.1 Å². The number of benzene rings is 1. The van der Waals surface area contributed by atoms with Crippen LogP contribution in [0.25, 0.3) is 0 Å². The Morgan fingerprint density at radius 1 is 1.44 bits per heavy atom. The van der Waals surface area contributed by atoms with Gasteiger partial charge in [0.2, 0.25) is 0 Å². The summed E-state index contributed by atoms with van der Waals surface area (Å²) in [4.78, 5) is 0. The van der Waals surface area contributed by atoms with Gasteiger partial charge < -0.3 is 4.74 Å². The number of aryl methyl sites for hydroxylation is 2. The molecule has 3 nitrogen and oxygen atoms in total. The van der Waals surface area contributed by atoms with Crippen LogP contribution in [0.4, 0.5) is 0 Å². The normalized spacial score (nSPS) is 13.4. The van der Waals surface area contributed by atoms with Crippen molar-refractivity contribution < 1.29 is 4.74 Å². The standard InChI is InChI=1S/C13H12ClIN2O/c14-11-8-17(16-13(11)15)5-3-9-1-2-12-10(7-9)4-6-18-12/h1-2,7-8H,3-6H2. The molecule has 94 valence electrons. The van der Waals surface area contributed by atoms with E-state index in [4.69, 9.17) is 16.3 Å². The first-order valence-corrected chi connectivity index (χ1v) is 7.31. The van der Waals surface area contributed by atoms with Crippen LogP contribution in [0.1, 0.15) is 11.1 Å². The average molecular weight is 375 g/mol. The van der Waals surface area contributed by atoms with Gasteiger partial charge in [-0.1, -0.05) is 23.7 Å². The van der Waals surface area contributed by atoms with Crippen molar-refractivity contribution in [1.82, 2.24) is 9.78 Å².